The number of nitrogens with one attached hydrogen (secondary N) is 3. The van der Waals surface area contributed by atoms with Gasteiger partial charge in [-0.2, -0.15) is 0 Å². The molecule has 21 heavy (non-hydrogen) atoms. The van der Waals surface area contributed by atoms with Crippen LogP contribution in [0.2, 0.25) is 0 Å². The minimum atomic E-state index is -3.08. The molecular weight excluding hydrogens is 288 g/mol. The molecule has 6 nitrogen and oxygen atoms in total. The molecule has 0 aliphatic heterocycles. The Morgan fingerprint density at radius 3 is 2.19 bits per heavy atom. The van der Waals surface area contributed by atoms with Crippen molar-refractivity contribution in [1.29, 1.82) is 0 Å². The first-order valence-corrected chi connectivity index (χ1v) is 9.48. The van der Waals surface area contributed by atoms with Gasteiger partial charge in [-0.3, -0.25) is 4.99 Å². The van der Waals surface area contributed by atoms with Gasteiger partial charge in [0.2, 0.25) is 10.0 Å². The highest BCUT2D eigenvalue weighted by Gasteiger charge is 2.04. The van der Waals surface area contributed by atoms with E-state index >= 15 is 0 Å². The van der Waals surface area contributed by atoms with Crippen molar-refractivity contribution >= 4 is 16.0 Å². The molecule has 0 aromatic heterocycles. The Morgan fingerprint density at radius 2 is 1.67 bits per heavy atom. The summed E-state index contributed by atoms with van der Waals surface area (Å²) in [6, 6.07) is 0. The molecule has 0 bridgehead atoms. The van der Waals surface area contributed by atoms with Gasteiger partial charge in [-0.1, -0.05) is 26.7 Å². The molecule has 0 amide bonds. The average molecular weight is 321 g/mol. The quantitative estimate of drug-likeness (QED) is 0.304. The van der Waals surface area contributed by atoms with Crippen molar-refractivity contribution < 1.29 is 8.42 Å². The Hall–Kier alpha value is -0.820. The molecule has 0 unspecified atom stereocenters. The molecule has 126 valence electrons. The van der Waals surface area contributed by atoms with E-state index in [0.717, 1.165) is 31.3 Å². The van der Waals surface area contributed by atoms with Gasteiger partial charge >= 0.3 is 0 Å². The maximum absolute atomic E-state index is 11.2. The van der Waals surface area contributed by atoms with Crippen LogP contribution in [-0.2, 0) is 10.0 Å². The van der Waals surface area contributed by atoms with Crippen LogP contribution in [0.15, 0.2) is 4.99 Å². The van der Waals surface area contributed by atoms with Crippen LogP contribution in [0.3, 0.4) is 0 Å². The van der Waals surface area contributed by atoms with E-state index in [1.54, 1.807) is 14.0 Å². The standard InChI is InChI=1S/C14H32N4O2S/c1-5-21(19,20)18-12-8-11-17-14(15-4)16-10-7-6-9-13(2)3/h13,18H,5-12H2,1-4H3,(H2,15,16,17). The summed E-state index contributed by atoms with van der Waals surface area (Å²) in [6.45, 7) is 8.16. The lowest BCUT2D eigenvalue weighted by atomic mass is 10.1. The fourth-order valence-corrected chi connectivity index (χ4v) is 2.39. The molecule has 0 saturated heterocycles. The van der Waals surface area contributed by atoms with E-state index in [1.807, 2.05) is 0 Å². The molecule has 0 aromatic rings. The topological polar surface area (TPSA) is 82.6 Å². The van der Waals surface area contributed by atoms with E-state index in [1.165, 1.54) is 12.8 Å². The van der Waals surface area contributed by atoms with Crippen LogP contribution < -0.4 is 15.4 Å². The molecule has 0 aliphatic carbocycles. The lowest BCUT2D eigenvalue weighted by molar-refractivity contribution is 0.534. The summed E-state index contributed by atoms with van der Waals surface area (Å²) in [5.41, 5.74) is 0. The minimum absolute atomic E-state index is 0.125. The van der Waals surface area contributed by atoms with Crippen molar-refractivity contribution in [1.82, 2.24) is 15.4 Å². The predicted octanol–water partition coefficient (Wildman–Crippen LogP) is 1.31. The third-order valence-electron chi connectivity index (χ3n) is 3.07. The van der Waals surface area contributed by atoms with Gasteiger partial charge in [0.05, 0.1) is 5.75 Å². The highest BCUT2D eigenvalue weighted by Crippen LogP contribution is 2.04. The van der Waals surface area contributed by atoms with Gasteiger partial charge in [-0.05, 0) is 25.7 Å². The summed E-state index contributed by atoms with van der Waals surface area (Å²) in [5, 5.41) is 6.44. The largest absolute Gasteiger partial charge is 0.356 e. The Kier molecular flexibility index (Phi) is 11.3. The Balaban J connectivity index is 3.63. The van der Waals surface area contributed by atoms with Gasteiger partial charge in [0.25, 0.3) is 0 Å². The number of sulfonamides is 1. The number of unbranched alkanes of at least 4 members (excludes halogenated alkanes) is 1. The molecule has 7 heteroatoms. The first-order chi connectivity index (χ1) is 9.91. The lowest BCUT2D eigenvalue weighted by Gasteiger charge is -2.12. The number of nitrogens with zero attached hydrogens (tertiary/aromatic N) is 1. The number of hydrogen-bond acceptors (Lipinski definition) is 3. The van der Waals surface area contributed by atoms with Gasteiger partial charge in [-0.15, -0.1) is 0 Å². The highest BCUT2D eigenvalue weighted by atomic mass is 32.2. The second-order valence-electron chi connectivity index (χ2n) is 5.47. The van der Waals surface area contributed by atoms with Crippen LogP contribution in [0.1, 0.15) is 46.5 Å². The molecule has 0 spiro atoms. The zero-order valence-electron chi connectivity index (χ0n) is 13.9. The van der Waals surface area contributed by atoms with Crippen LogP contribution in [-0.4, -0.2) is 46.8 Å². The number of hydrogen-bond donors (Lipinski definition) is 3. The van der Waals surface area contributed by atoms with E-state index in [4.69, 9.17) is 0 Å². The molecule has 0 radical (unpaired) electrons. The maximum Gasteiger partial charge on any atom is 0.211 e. The first kappa shape index (κ1) is 20.2. The minimum Gasteiger partial charge on any atom is -0.356 e. The maximum atomic E-state index is 11.2. The molecule has 0 rings (SSSR count). The molecule has 0 saturated carbocycles. The average Bonchev–Trinajstić information content (AvgIpc) is 2.44. The van der Waals surface area contributed by atoms with Gasteiger partial charge in [0.1, 0.15) is 0 Å². The molecule has 3 N–H and O–H groups in total. The van der Waals surface area contributed by atoms with E-state index < -0.39 is 10.0 Å². The van der Waals surface area contributed by atoms with Gasteiger partial charge < -0.3 is 10.6 Å². The van der Waals surface area contributed by atoms with Crippen molar-refractivity contribution in [3.05, 3.63) is 0 Å². The molecule has 0 fully saturated rings. The Bertz CT molecular complexity index is 380. The molecule has 0 atom stereocenters. The number of rotatable bonds is 11. The zero-order chi connectivity index (χ0) is 16.1. The SMILES string of the molecule is CCS(=O)(=O)NCCCNC(=NC)NCCCCC(C)C. The summed E-state index contributed by atoms with van der Waals surface area (Å²) < 4.78 is 25.0. The Labute approximate surface area is 130 Å². The van der Waals surface area contributed by atoms with Crippen molar-refractivity contribution in [3.63, 3.8) is 0 Å². The number of aliphatic imine (C=N–C) groups is 1. The summed E-state index contributed by atoms with van der Waals surface area (Å²) in [5.74, 6) is 1.66. The monoisotopic (exact) mass is 320 g/mol. The van der Waals surface area contributed by atoms with E-state index in [9.17, 15) is 8.42 Å². The predicted molar refractivity (Wildman–Crippen MR) is 90.1 cm³/mol. The van der Waals surface area contributed by atoms with Crippen molar-refractivity contribution in [3.8, 4) is 0 Å². The van der Waals surface area contributed by atoms with E-state index in [0.29, 0.717) is 13.1 Å². The highest BCUT2D eigenvalue weighted by molar-refractivity contribution is 7.89. The Morgan fingerprint density at radius 1 is 1.05 bits per heavy atom. The van der Waals surface area contributed by atoms with Gasteiger partial charge in [0, 0.05) is 26.7 Å². The number of guanidine groups is 1. The van der Waals surface area contributed by atoms with Crippen LogP contribution in [0.5, 0.6) is 0 Å². The van der Waals surface area contributed by atoms with Gasteiger partial charge in [0.15, 0.2) is 5.96 Å². The third-order valence-corrected chi connectivity index (χ3v) is 4.48. The van der Waals surface area contributed by atoms with Crippen molar-refractivity contribution in [2.45, 2.75) is 46.5 Å². The molecule has 0 aliphatic rings. The molecular formula is C14H32N4O2S. The lowest BCUT2D eigenvalue weighted by Crippen LogP contribution is -2.39. The second kappa shape index (κ2) is 11.8. The fourth-order valence-electron chi connectivity index (χ4n) is 1.73. The van der Waals surface area contributed by atoms with Crippen LogP contribution in [0.25, 0.3) is 0 Å². The summed E-state index contributed by atoms with van der Waals surface area (Å²) in [7, 11) is -1.34. The van der Waals surface area contributed by atoms with E-state index in [2.05, 4.69) is 34.2 Å². The molecule has 0 heterocycles. The van der Waals surface area contributed by atoms with Crippen molar-refractivity contribution in [2.75, 3.05) is 32.4 Å². The van der Waals surface area contributed by atoms with Crippen LogP contribution in [0.4, 0.5) is 0 Å². The van der Waals surface area contributed by atoms with Crippen molar-refractivity contribution in [2.24, 2.45) is 10.9 Å². The summed E-state index contributed by atoms with van der Waals surface area (Å²) in [4.78, 5) is 4.14. The van der Waals surface area contributed by atoms with Crippen LogP contribution in [0, 0.1) is 5.92 Å². The zero-order valence-corrected chi connectivity index (χ0v) is 14.7. The van der Waals surface area contributed by atoms with E-state index in [-0.39, 0.29) is 5.75 Å². The fraction of sp³-hybridized carbons (Fsp3) is 0.929. The third kappa shape index (κ3) is 12.6. The smallest absolute Gasteiger partial charge is 0.211 e. The molecule has 0 aromatic carbocycles. The van der Waals surface area contributed by atoms with Crippen LogP contribution >= 0.6 is 0 Å². The summed E-state index contributed by atoms with van der Waals surface area (Å²) >= 11 is 0. The first-order valence-electron chi connectivity index (χ1n) is 7.83. The summed E-state index contributed by atoms with van der Waals surface area (Å²) in [6.07, 6.45) is 4.34. The normalized spacial score (nSPS) is 12.7. The van der Waals surface area contributed by atoms with Gasteiger partial charge in [-0.25, -0.2) is 13.1 Å². The second-order valence-corrected chi connectivity index (χ2v) is 7.56.